The highest BCUT2D eigenvalue weighted by molar-refractivity contribution is 6.21. The van der Waals surface area contributed by atoms with Crippen LogP contribution < -0.4 is 10.6 Å². The molecule has 0 spiro atoms. The van der Waals surface area contributed by atoms with Crippen molar-refractivity contribution in [2.45, 2.75) is 13.1 Å². The molecule has 0 unspecified atom stereocenters. The summed E-state index contributed by atoms with van der Waals surface area (Å²) in [6.07, 6.45) is 1.39. The van der Waals surface area contributed by atoms with Gasteiger partial charge in [-0.3, -0.25) is 9.59 Å². The number of nitrogens with one attached hydrogen (secondary N) is 2. The van der Waals surface area contributed by atoms with Crippen molar-refractivity contribution in [2.75, 3.05) is 0 Å². The molecule has 0 atom stereocenters. The van der Waals surface area contributed by atoms with E-state index >= 15 is 0 Å². The molecule has 0 radical (unpaired) electrons. The third-order valence-electron chi connectivity index (χ3n) is 4.24. The molecule has 0 aromatic heterocycles. The predicted molar refractivity (Wildman–Crippen MR) is 111 cm³/mol. The van der Waals surface area contributed by atoms with Gasteiger partial charge in [0.25, 0.3) is 11.8 Å². The molecular formula is C24H21FN2O2. The van der Waals surface area contributed by atoms with Crippen LogP contribution >= 0.6 is 0 Å². The van der Waals surface area contributed by atoms with Crippen LogP contribution in [0.15, 0.2) is 90.5 Å². The first-order valence-electron chi connectivity index (χ1n) is 9.23. The van der Waals surface area contributed by atoms with E-state index < -0.39 is 17.6 Å². The fourth-order valence-corrected chi connectivity index (χ4v) is 2.74. The molecule has 3 aromatic carbocycles. The summed E-state index contributed by atoms with van der Waals surface area (Å²) in [6, 6.07) is 24.5. The molecule has 0 aliphatic heterocycles. The molecule has 0 saturated carbocycles. The first-order valence-corrected chi connectivity index (χ1v) is 9.23. The molecule has 4 nitrogen and oxygen atoms in total. The van der Waals surface area contributed by atoms with Gasteiger partial charge in [-0.05, 0) is 34.9 Å². The number of rotatable bonds is 7. The van der Waals surface area contributed by atoms with Gasteiger partial charge in [-0.15, -0.1) is 0 Å². The standard InChI is InChI=1S/C24H21FN2O2/c25-21-13-7-12-20(14-21)15-22(23(28)26-16-18-8-3-1-4-9-18)24(29)27-17-19-10-5-2-6-11-19/h1-15H,16-17H2,(H,26,28)(H,27,29). The van der Waals surface area contributed by atoms with E-state index in [1.807, 2.05) is 60.7 Å². The summed E-state index contributed by atoms with van der Waals surface area (Å²) in [6.45, 7) is 0.568. The van der Waals surface area contributed by atoms with Gasteiger partial charge in [-0.1, -0.05) is 72.8 Å². The minimum absolute atomic E-state index is 0.0811. The van der Waals surface area contributed by atoms with Crippen molar-refractivity contribution in [3.05, 3.63) is 113 Å². The highest BCUT2D eigenvalue weighted by Gasteiger charge is 2.18. The lowest BCUT2D eigenvalue weighted by atomic mass is 10.1. The molecule has 0 aliphatic carbocycles. The van der Waals surface area contributed by atoms with Crippen molar-refractivity contribution in [3.63, 3.8) is 0 Å². The predicted octanol–water partition coefficient (Wildman–Crippen LogP) is 3.84. The Morgan fingerprint density at radius 1 is 0.724 bits per heavy atom. The number of carbonyl (C=O) groups excluding carboxylic acids is 2. The van der Waals surface area contributed by atoms with Crippen LogP contribution in [0, 0.1) is 5.82 Å². The summed E-state index contributed by atoms with van der Waals surface area (Å²) in [5.74, 6) is -1.49. The minimum Gasteiger partial charge on any atom is -0.348 e. The Labute approximate surface area is 169 Å². The summed E-state index contributed by atoms with van der Waals surface area (Å²) in [7, 11) is 0. The van der Waals surface area contributed by atoms with Crippen molar-refractivity contribution < 1.29 is 14.0 Å². The molecular weight excluding hydrogens is 367 g/mol. The Morgan fingerprint density at radius 2 is 1.24 bits per heavy atom. The minimum atomic E-state index is -0.524. The molecule has 0 aliphatic rings. The summed E-state index contributed by atoms with van der Waals surface area (Å²) >= 11 is 0. The second kappa shape index (κ2) is 9.99. The summed E-state index contributed by atoms with van der Waals surface area (Å²) < 4.78 is 13.5. The quantitative estimate of drug-likeness (QED) is 0.367. The van der Waals surface area contributed by atoms with E-state index in [4.69, 9.17) is 0 Å². The van der Waals surface area contributed by atoms with E-state index in [0.29, 0.717) is 5.56 Å². The zero-order valence-corrected chi connectivity index (χ0v) is 15.8. The van der Waals surface area contributed by atoms with Gasteiger partial charge in [0.1, 0.15) is 11.4 Å². The van der Waals surface area contributed by atoms with Crippen molar-refractivity contribution in [1.29, 1.82) is 0 Å². The molecule has 5 heteroatoms. The maximum atomic E-state index is 13.5. The summed E-state index contributed by atoms with van der Waals surface area (Å²) in [4.78, 5) is 25.4. The van der Waals surface area contributed by atoms with Gasteiger partial charge < -0.3 is 10.6 Å². The third-order valence-corrected chi connectivity index (χ3v) is 4.24. The lowest BCUT2D eigenvalue weighted by Gasteiger charge is -2.11. The number of hydrogen-bond acceptors (Lipinski definition) is 2. The monoisotopic (exact) mass is 388 g/mol. The van der Waals surface area contributed by atoms with Crippen LogP contribution in [0.5, 0.6) is 0 Å². The van der Waals surface area contributed by atoms with E-state index in [0.717, 1.165) is 11.1 Å². The molecule has 0 fully saturated rings. The Morgan fingerprint density at radius 3 is 1.72 bits per heavy atom. The lowest BCUT2D eigenvalue weighted by molar-refractivity contribution is -0.123. The Balaban J connectivity index is 1.76. The molecule has 2 amide bonds. The number of benzene rings is 3. The van der Waals surface area contributed by atoms with E-state index in [1.165, 1.54) is 24.3 Å². The molecule has 3 rings (SSSR count). The smallest absolute Gasteiger partial charge is 0.257 e. The SMILES string of the molecule is O=C(NCc1ccccc1)C(=Cc1cccc(F)c1)C(=O)NCc1ccccc1. The Kier molecular flexibility index (Phi) is 6.90. The highest BCUT2D eigenvalue weighted by Crippen LogP contribution is 2.11. The van der Waals surface area contributed by atoms with Gasteiger partial charge in [-0.2, -0.15) is 0 Å². The first-order chi connectivity index (χ1) is 14.1. The molecule has 0 heterocycles. The molecule has 0 saturated heterocycles. The zero-order chi connectivity index (χ0) is 20.5. The van der Waals surface area contributed by atoms with Crippen LogP contribution in [0.4, 0.5) is 4.39 Å². The van der Waals surface area contributed by atoms with Crippen LogP contribution in [0.1, 0.15) is 16.7 Å². The summed E-state index contributed by atoms with van der Waals surface area (Å²) in [5, 5.41) is 5.50. The van der Waals surface area contributed by atoms with Gasteiger partial charge in [0.15, 0.2) is 0 Å². The fourth-order valence-electron chi connectivity index (χ4n) is 2.74. The van der Waals surface area contributed by atoms with Crippen LogP contribution in [-0.4, -0.2) is 11.8 Å². The maximum Gasteiger partial charge on any atom is 0.257 e. The molecule has 146 valence electrons. The molecule has 3 aromatic rings. The van der Waals surface area contributed by atoms with Crippen molar-refractivity contribution in [3.8, 4) is 0 Å². The number of amides is 2. The second-order valence-corrected chi connectivity index (χ2v) is 6.45. The first kappa shape index (κ1) is 20.0. The maximum absolute atomic E-state index is 13.5. The summed E-state index contributed by atoms with van der Waals surface area (Å²) in [5.41, 5.74) is 2.18. The van der Waals surface area contributed by atoms with Crippen LogP contribution in [-0.2, 0) is 22.7 Å². The van der Waals surface area contributed by atoms with E-state index in [-0.39, 0.29) is 18.7 Å². The van der Waals surface area contributed by atoms with Crippen LogP contribution in [0.3, 0.4) is 0 Å². The largest absolute Gasteiger partial charge is 0.348 e. The Hall–Kier alpha value is -3.73. The molecule has 2 N–H and O–H groups in total. The van der Waals surface area contributed by atoms with Crippen molar-refractivity contribution >= 4 is 17.9 Å². The average Bonchev–Trinajstić information content (AvgIpc) is 2.75. The van der Waals surface area contributed by atoms with Crippen molar-refractivity contribution in [2.24, 2.45) is 0 Å². The zero-order valence-electron chi connectivity index (χ0n) is 15.8. The van der Waals surface area contributed by atoms with Crippen molar-refractivity contribution in [1.82, 2.24) is 10.6 Å². The van der Waals surface area contributed by atoms with Gasteiger partial charge in [-0.25, -0.2) is 4.39 Å². The van der Waals surface area contributed by atoms with E-state index in [9.17, 15) is 14.0 Å². The topological polar surface area (TPSA) is 58.2 Å². The molecule has 0 bridgehead atoms. The average molecular weight is 388 g/mol. The lowest BCUT2D eigenvalue weighted by Crippen LogP contribution is -2.34. The van der Waals surface area contributed by atoms with Gasteiger partial charge in [0.2, 0.25) is 0 Å². The molecule has 29 heavy (non-hydrogen) atoms. The normalized spacial score (nSPS) is 10.1. The van der Waals surface area contributed by atoms with Gasteiger partial charge in [0.05, 0.1) is 0 Å². The number of hydrogen-bond donors (Lipinski definition) is 2. The second-order valence-electron chi connectivity index (χ2n) is 6.45. The highest BCUT2D eigenvalue weighted by atomic mass is 19.1. The third kappa shape index (κ3) is 6.14. The van der Waals surface area contributed by atoms with E-state index in [2.05, 4.69) is 10.6 Å². The van der Waals surface area contributed by atoms with Gasteiger partial charge in [0, 0.05) is 13.1 Å². The fraction of sp³-hybridized carbons (Fsp3) is 0.0833. The number of carbonyl (C=O) groups is 2. The van der Waals surface area contributed by atoms with Gasteiger partial charge >= 0.3 is 0 Å². The van der Waals surface area contributed by atoms with E-state index in [1.54, 1.807) is 6.07 Å². The Bertz CT molecular complexity index is 944. The van der Waals surface area contributed by atoms with Crippen LogP contribution in [0.2, 0.25) is 0 Å². The van der Waals surface area contributed by atoms with Crippen LogP contribution in [0.25, 0.3) is 6.08 Å². The number of halogens is 1.